The molecule has 3 N–H and O–H groups in total. The maximum atomic E-state index is 12.9. The molecule has 1 atom stereocenters. The van der Waals surface area contributed by atoms with Gasteiger partial charge in [0.1, 0.15) is 28.8 Å². The Morgan fingerprint density at radius 2 is 2.03 bits per heavy atom. The molecule has 4 heterocycles. The number of carbonyl (C=O) groups is 2. The average molecular weight is 526 g/mol. The van der Waals surface area contributed by atoms with Crippen LogP contribution in [0, 0.1) is 0 Å². The van der Waals surface area contributed by atoms with Crippen LogP contribution in [0.1, 0.15) is 40.3 Å². The molecule has 38 heavy (non-hydrogen) atoms. The number of benzene rings is 1. The number of nitrogens with one attached hydrogen (secondary N) is 3. The molecule has 14 heteroatoms. The van der Waals surface area contributed by atoms with Crippen LogP contribution in [0.25, 0.3) is 11.0 Å². The van der Waals surface area contributed by atoms with E-state index < -0.39 is 17.8 Å². The summed E-state index contributed by atoms with van der Waals surface area (Å²) in [6.45, 7) is 1.70. The number of hydrogen-bond donors (Lipinski definition) is 3. The van der Waals surface area contributed by atoms with Crippen LogP contribution in [0.4, 0.5) is 24.7 Å². The van der Waals surface area contributed by atoms with E-state index in [0.29, 0.717) is 28.3 Å². The molecule has 3 aromatic heterocycles. The Bertz CT molecular complexity index is 1550. The quantitative estimate of drug-likeness (QED) is 0.349. The number of aromatic nitrogens is 5. The van der Waals surface area contributed by atoms with Gasteiger partial charge in [-0.15, -0.1) is 0 Å². The highest BCUT2D eigenvalue weighted by atomic mass is 19.4. The summed E-state index contributed by atoms with van der Waals surface area (Å²) in [5.74, 6) is 0.135. The lowest BCUT2D eigenvalue weighted by molar-refractivity contribution is -0.141. The van der Waals surface area contributed by atoms with Gasteiger partial charge in [-0.2, -0.15) is 18.3 Å². The van der Waals surface area contributed by atoms with Crippen LogP contribution in [0.3, 0.4) is 0 Å². The van der Waals surface area contributed by atoms with Gasteiger partial charge in [0.2, 0.25) is 0 Å². The highest BCUT2D eigenvalue weighted by Crippen LogP contribution is 2.32. The second kappa shape index (κ2) is 9.61. The first-order chi connectivity index (χ1) is 18.1. The Balaban J connectivity index is 1.35. The normalized spacial score (nSPS) is 13.9. The van der Waals surface area contributed by atoms with E-state index in [4.69, 9.17) is 4.74 Å². The number of pyridine rings is 1. The van der Waals surface area contributed by atoms with E-state index in [1.165, 1.54) is 17.1 Å². The molecule has 0 radical (unpaired) electrons. The first-order valence-electron chi connectivity index (χ1n) is 11.4. The standard InChI is InChI=1S/C24H21F3N8O3/c1-12(14-3-4-16-15(8-14)33-18(36)10-38-16)32-22-19-21(35(2)34-22)20(31-11-30-19)23(37)29-9-13-5-6-28-17(7-13)24(25,26)27/h3-8,11-12H,9-10H2,1-2H3,(H,29,37)(H,32,34)(H,33,36). The molecular weight excluding hydrogens is 505 g/mol. The summed E-state index contributed by atoms with van der Waals surface area (Å²) in [6.07, 6.45) is -2.33. The average Bonchev–Trinajstić information content (AvgIpc) is 3.21. The van der Waals surface area contributed by atoms with E-state index in [-0.39, 0.29) is 36.4 Å². The molecule has 1 aliphatic heterocycles. The summed E-state index contributed by atoms with van der Waals surface area (Å²) in [4.78, 5) is 36.3. The number of carbonyl (C=O) groups excluding carboxylic acids is 2. The van der Waals surface area contributed by atoms with Crippen LogP contribution >= 0.6 is 0 Å². The molecule has 2 amide bonds. The van der Waals surface area contributed by atoms with Gasteiger partial charge in [-0.3, -0.25) is 19.3 Å². The van der Waals surface area contributed by atoms with Gasteiger partial charge in [0, 0.05) is 19.8 Å². The Labute approximate surface area is 213 Å². The van der Waals surface area contributed by atoms with Crippen molar-refractivity contribution in [2.75, 3.05) is 17.2 Å². The lowest BCUT2D eigenvalue weighted by Gasteiger charge is -2.20. The van der Waals surface area contributed by atoms with Crippen LogP contribution in [0.15, 0.2) is 42.9 Å². The Hall–Kier alpha value is -4.75. The molecule has 5 rings (SSSR count). The van der Waals surface area contributed by atoms with Crippen LogP contribution in [-0.2, 0) is 24.6 Å². The molecule has 4 aromatic rings. The van der Waals surface area contributed by atoms with Crippen molar-refractivity contribution in [2.24, 2.45) is 7.05 Å². The van der Waals surface area contributed by atoms with Crippen molar-refractivity contribution in [2.45, 2.75) is 25.7 Å². The minimum atomic E-state index is -4.59. The van der Waals surface area contributed by atoms with Crippen molar-refractivity contribution in [1.82, 2.24) is 30.0 Å². The van der Waals surface area contributed by atoms with E-state index in [9.17, 15) is 22.8 Å². The molecule has 196 valence electrons. The fourth-order valence-corrected chi connectivity index (χ4v) is 4.03. The fraction of sp³-hybridized carbons (Fsp3) is 0.250. The van der Waals surface area contributed by atoms with Gasteiger partial charge in [-0.05, 0) is 42.3 Å². The first-order valence-corrected chi connectivity index (χ1v) is 11.4. The number of ether oxygens (including phenoxy) is 1. The second-order valence-electron chi connectivity index (χ2n) is 8.58. The van der Waals surface area contributed by atoms with E-state index in [1.54, 1.807) is 19.2 Å². The number of aryl methyl sites for hydroxylation is 1. The molecule has 0 saturated carbocycles. The molecule has 0 fully saturated rings. The van der Waals surface area contributed by atoms with Crippen LogP contribution in [-0.4, -0.2) is 43.2 Å². The molecule has 1 aliphatic rings. The van der Waals surface area contributed by atoms with Gasteiger partial charge in [-0.25, -0.2) is 9.97 Å². The maximum Gasteiger partial charge on any atom is 0.433 e. The summed E-state index contributed by atoms with van der Waals surface area (Å²) >= 11 is 0. The molecule has 11 nitrogen and oxygen atoms in total. The van der Waals surface area contributed by atoms with Gasteiger partial charge < -0.3 is 20.7 Å². The number of hydrogen-bond acceptors (Lipinski definition) is 8. The summed E-state index contributed by atoms with van der Waals surface area (Å²) < 4.78 is 45.7. The Morgan fingerprint density at radius 3 is 2.82 bits per heavy atom. The minimum absolute atomic E-state index is 0.0180. The second-order valence-corrected chi connectivity index (χ2v) is 8.58. The predicted molar refractivity (Wildman–Crippen MR) is 129 cm³/mol. The highest BCUT2D eigenvalue weighted by molar-refractivity contribution is 6.05. The van der Waals surface area contributed by atoms with E-state index in [2.05, 4.69) is 36.0 Å². The summed E-state index contributed by atoms with van der Waals surface area (Å²) in [5, 5.41) is 13.1. The van der Waals surface area contributed by atoms with Crippen LogP contribution < -0.4 is 20.7 Å². The highest BCUT2D eigenvalue weighted by Gasteiger charge is 2.32. The molecule has 1 aromatic carbocycles. The van der Waals surface area contributed by atoms with E-state index >= 15 is 0 Å². The molecule has 1 unspecified atom stereocenters. The number of nitrogens with zero attached hydrogens (tertiary/aromatic N) is 5. The van der Waals surface area contributed by atoms with Crippen molar-refractivity contribution >= 4 is 34.4 Å². The SMILES string of the molecule is CC(Nc1nn(C)c2c(C(=O)NCc3ccnc(C(F)(F)F)c3)ncnc12)c1ccc2c(c1)NC(=O)CO2. The molecular formula is C24H21F3N8O3. The molecule has 0 bridgehead atoms. The number of fused-ring (bicyclic) bond motifs is 2. The largest absolute Gasteiger partial charge is 0.482 e. The van der Waals surface area contributed by atoms with E-state index in [1.807, 2.05) is 13.0 Å². The summed E-state index contributed by atoms with van der Waals surface area (Å²) in [5.41, 5.74) is 1.35. The number of alkyl halides is 3. The maximum absolute atomic E-state index is 12.9. The van der Waals surface area contributed by atoms with E-state index in [0.717, 1.165) is 17.8 Å². The smallest absolute Gasteiger partial charge is 0.433 e. The number of halogens is 3. The minimum Gasteiger partial charge on any atom is -0.482 e. The van der Waals surface area contributed by atoms with Gasteiger partial charge in [0.25, 0.3) is 11.8 Å². The van der Waals surface area contributed by atoms with Crippen molar-refractivity contribution in [1.29, 1.82) is 0 Å². The zero-order valence-electron chi connectivity index (χ0n) is 20.1. The Kier molecular flexibility index (Phi) is 6.30. The zero-order valence-corrected chi connectivity index (χ0v) is 20.1. The van der Waals surface area contributed by atoms with Crippen LogP contribution in [0.2, 0.25) is 0 Å². The fourth-order valence-electron chi connectivity index (χ4n) is 4.03. The topological polar surface area (TPSA) is 136 Å². The molecule has 0 spiro atoms. The summed E-state index contributed by atoms with van der Waals surface area (Å²) in [6, 6.07) is 7.42. The first kappa shape index (κ1) is 24.9. The predicted octanol–water partition coefficient (Wildman–Crippen LogP) is 3.21. The van der Waals surface area contributed by atoms with Crippen molar-refractivity contribution < 1.29 is 27.5 Å². The third-order valence-corrected chi connectivity index (χ3v) is 5.89. The van der Waals surface area contributed by atoms with Gasteiger partial charge in [-0.1, -0.05) is 6.07 Å². The monoisotopic (exact) mass is 526 g/mol. The lowest BCUT2D eigenvalue weighted by atomic mass is 10.1. The van der Waals surface area contributed by atoms with Crippen molar-refractivity contribution in [3.8, 4) is 5.75 Å². The van der Waals surface area contributed by atoms with Crippen molar-refractivity contribution in [3.63, 3.8) is 0 Å². The number of amides is 2. The Morgan fingerprint density at radius 1 is 1.21 bits per heavy atom. The number of rotatable bonds is 6. The zero-order chi connectivity index (χ0) is 27.0. The molecule has 0 aliphatic carbocycles. The molecule has 0 saturated heterocycles. The number of anilines is 2. The van der Waals surface area contributed by atoms with Gasteiger partial charge >= 0.3 is 6.18 Å². The summed E-state index contributed by atoms with van der Waals surface area (Å²) in [7, 11) is 1.63. The van der Waals surface area contributed by atoms with Gasteiger partial charge in [0.05, 0.1) is 11.7 Å². The lowest BCUT2D eigenvalue weighted by Crippen LogP contribution is -2.25. The third-order valence-electron chi connectivity index (χ3n) is 5.89. The third kappa shape index (κ3) is 4.92. The van der Waals surface area contributed by atoms with Crippen molar-refractivity contribution in [3.05, 3.63) is 65.4 Å². The van der Waals surface area contributed by atoms with Gasteiger partial charge in [0.15, 0.2) is 18.1 Å². The van der Waals surface area contributed by atoms with Crippen LogP contribution in [0.5, 0.6) is 5.75 Å².